The zero-order valence-electron chi connectivity index (χ0n) is 24.6. The van der Waals surface area contributed by atoms with E-state index in [0.29, 0.717) is 34.5 Å². The molecule has 1 saturated heterocycles. The van der Waals surface area contributed by atoms with Gasteiger partial charge in [0.15, 0.2) is 5.17 Å². The van der Waals surface area contributed by atoms with Gasteiger partial charge in [-0.1, -0.05) is 68.1 Å². The lowest BCUT2D eigenvalue weighted by Crippen LogP contribution is -2.30. The molecule has 5 rings (SSSR count). The number of alkyl halides is 3. The molecule has 0 unspecified atom stereocenters. The van der Waals surface area contributed by atoms with Gasteiger partial charge in [-0.15, -0.1) is 18.3 Å². The van der Waals surface area contributed by atoms with Crippen LogP contribution in [0.4, 0.5) is 24.7 Å². The summed E-state index contributed by atoms with van der Waals surface area (Å²) in [7, 11) is 0. The minimum absolute atomic E-state index is 0.0331. The second kappa shape index (κ2) is 13.4. The maximum Gasteiger partial charge on any atom is 0.573 e. The van der Waals surface area contributed by atoms with E-state index in [2.05, 4.69) is 39.2 Å². The predicted molar refractivity (Wildman–Crippen MR) is 170 cm³/mol. The van der Waals surface area contributed by atoms with Crippen molar-refractivity contribution in [3.63, 3.8) is 0 Å². The third-order valence-corrected chi connectivity index (χ3v) is 7.61. The van der Waals surface area contributed by atoms with Crippen LogP contribution in [0.5, 0.6) is 5.75 Å². The fourth-order valence-electron chi connectivity index (χ4n) is 4.68. The van der Waals surface area contributed by atoms with Crippen molar-refractivity contribution in [2.24, 2.45) is 10.2 Å². The third-order valence-electron chi connectivity index (χ3n) is 6.70. The van der Waals surface area contributed by atoms with Crippen LogP contribution in [-0.4, -0.2) is 45.1 Å². The number of hydrogen-bond acceptors (Lipinski definition) is 7. The summed E-state index contributed by atoms with van der Waals surface area (Å²) < 4.78 is 43.0. The summed E-state index contributed by atoms with van der Waals surface area (Å²) in [6.45, 7) is 5.52. The van der Waals surface area contributed by atoms with E-state index < -0.39 is 6.36 Å². The van der Waals surface area contributed by atoms with Gasteiger partial charge in [-0.05, 0) is 47.4 Å². The third kappa shape index (κ3) is 7.79. The van der Waals surface area contributed by atoms with Gasteiger partial charge in [-0.3, -0.25) is 14.5 Å². The second-order valence-electron chi connectivity index (χ2n) is 10.4. The number of amidine groups is 1. The lowest BCUT2D eigenvalue weighted by Gasteiger charge is -2.20. The number of carbonyl (C=O) groups excluding carboxylic acids is 2. The lowest BCUT2D eigenvalue weighted by molar-refractivity contribution is -0.274. The Morgan fingerprint density at radius 1 is 1.09 bits per heavy atom. The zero-order chi connectivity index (χ0) is 32.1. The van der Waals surface area contributed by atoms with E-state index in [4.69, 9.17) is 0 Å². The summed E-state index contributed by atoms with van der Waals surface area (Å²) >= 11 is 1.35. The summed E-state index contributed by atoms with van der Waals surface area (Å²) in [4.78, 5) is 26.1. The summed E-state index contributed by atoms with van der Waals surface area (Å²) in [5.74, 6) is 0.172. The van der Waals surface area contributed by atoms with Crippen molar-refractivity contribution < 1.29 is 27.5 Å². The Balaban J connectivity index is 1.29. The van der Waals surface area contributed by atoms with E-state index in [-0.39, 0.29) is 23.5 Å². The number of thioether (sulfide) groups is 1. The van der Waals surface area contributed by atoms with Crippen LogP contribution in [0.2, 0.25) is 0 Å². The number of para-hydroxylation sites is 1. The normalized spacial score (nSPS) is 14.6. The van der Waals surface area contributed by atoms with E-state index in [1.54, 1.807) is 17.2 Å². The van der Waals surface area contributed by atoms with Crippen molar-refractivity contribution in [1.82, 2.24) is 9.78 Å². The van der Waals surface area contributed by atoms with Crippen LogP contribution >= 0.6 is 11.8 Å². The molecule has 232 valence electrons. The molecule has 0 atom stereocenters. The Morgan fingerprint density at radius 2 is 1.80 bits per heavy atom. The molecule has 2 amide bonds. The number of nitrogens with zero attached hydrogens (tertiary/aromatic N) is 5. The number of carbonyl (C=O) groups is 2. The van der Waals surface area contributed by atoms with Crippen LogP contribution in [0.1, 0.15) is 37.8 Å². The van der Waals surface area contributed by atoms with E-state index in [9.17, 15) is 22.8 Å². The molecule has 13 heteroatoms. The Kier molecular flexibility index (Phi) is 9.37. The molecule has 45 heavy (non-hydrogen) atoms. The van der Waals surface area contributed by atoms with Crippen LogP contribution in [0, 0.1) is 0 Å². The molecule has 0 bridgehead atoms. The predicted octanol–water partition coefficient (Wildman–Crippen LogP) is 7.18. The average Bonchev–Trinajstić information content (AvgIpc) is 3.57. The fraction of sp³-hybridized carbons (Fsp3) is 0.219. The SMILES string of the molecule is CC(=O)Nc1cc(-c2ccc(C/C=N\N=C3/SCC(=O)N3c3ccccc3C(C)C)cc2)nn1-c1ccc(OC(F)(F)F)cc1. The molecule has 1 N–H and O–H groups in total. The number of aromatic nitrogens is 2. The van der Waals surface area contributed by atoms with E-state index in [1.807, 2.05) is 48.5 Å². The topological polar surface area (TPSA) is 101 Å². The first-order valence-corrected chi connectivity index (χ1v) is 14.9. The van der Waals surface area contributed by atoms with Crippen molar-refractivity contribution in [2.45, 2.75) is 39.5 Å². The molecule has 0 saturated carbocycles. The summed E-state index contributed by atoms with van der Waals surface area (Å²) in [6.07, 6.45) is -2.63. The van der Waals surface area contributed by atoms with Gasteiger partial charge in [0.05, 0.1) is 22.8 Å². The van der Waals surface area contributed by atoms with Crippen LogP contribution in [0.3, 0.4) is 0 Å². The molecule has 0 spiro atoms. The van der Waals surface area contributed by atoms with E-state index in [0.717, 1.165) is 22.4 Å². The Bertz CT molecular complexity index is 1750. The highest BCUT2D eigenvalue weighted by Gasteiger charge is 2.32. The Labute approximate surface area is 261 Å². The number of rotatable bonds is 9. The van der Waals surface area contributed by atoms with Crippen molar-refractivity contribution in [2.75, 3.05) is 16.0 Å². The molecule has 2 heterocycles. The highest BCUT2D eigenvalue weighted by atomic mass is 32.2. The summed E-state index contributed by atoms with van der Waals surface area (Å²) in [6, 6.07) is 22.2. The number of anilines is 2. The quantitative estimate of drug-likeness (QED) is 0.155. The standard InChI is InChI=1S/C32H29F3N6O3S/c1-20(2)26-6-4-5-7-28(26)40-30(43)19-45-31(40)38-36-17-16-22-8-10-23(11-9-22)27-18-29(37-21(3)42)41(39-27)24-12-14-25(15-13-24)44-32(33,34)35/h4-15,17-18,20H,16,19H2,1-3H3,(H,37,42)/b36-17-,38-31-. The monoisotopic (exact) mass is 634 g/mol. The van der Waals surface area contributed by atoms with Crippen LogP contribution in [-0.2, 0) is 16.0 Å². The van der Waals surface area contributed by atoms with Gasteiger partial charge in [0, 0.05) is 31.2 Å². The van der Waals surface area contributed by atoms with Crippen LogP contribution in [0.25, 0.3) is 16.9 Å². The van der Waals surface area contributed by atoms with Gasteiger partial charge in [-0.2, -0.15) is 10.2 Å². The van der Waals surface area contributed by atoms with Crippen LogP contribution in [0.15, 0.2) is 89.1 Å². The minimum atomic E-state index is -4.80. The van der Waals surface area contributed by atoms with Gasteiger partial charge in [0.1, 0.15) is 11.6 Å². The first kappa shape index (κ1) is 31.5. The molecule has 1 fully saturated rings. The number of amides is 2. The number of benzene rings is 3. The van der Waals surface area contributed by atoms with Gasteiger partial charge in [0.25, 0.3) is 0 Å². The van der Waals surface area contributed by atoms with Gasteiger partial charge in [0.2, 0.25) is 11.8 Å². The summed E-state index contributed by atoms with van der Waals surface area (Å²) in [5, 5.41) is 16.4. The van der Waals surface area contributed by atoms with Gasteiger partial charge in [-0.25, -0.2) is 4.68 Å². The zero-order valence-corrected chi connectivity index (χ0v) is 25.4. The molecular formula is C32H29F3N6O3S. The van der Waals surface area contributed by atoms with Gasteiger partial charge < -0.3 is 10.1 Å². The minimum Gasteiger partial charge on any atom is -0.406 e. The number of nitrogens with one attached hydrogen (secondary N) is 1. The molecule has 3 aromatic carbocycles. The van der Waals surface area contributed by atoms with Crippen molar-refractivity contribution in [3.8, 4) is 22.7 Å². The first-order chi connectivity index (χ1) is 21.5. The molecule has 1 aromatic heterocycles. The van der Waals surface area contributed by atoms with Crippen molar-refractivity contribution >= 4 is 46.5 Å². The van der Waals surface area contributed by atoms with Gasteiger partial charge >= 0.3 is 6.36 Å². The molecule has 4 aromatic rings. The molecule has 0 aliphatic carbocycles. The number of ether oxygens (including phenoxy) is 1. The maximum atomic E-state index is 12.7. The van der Waals surface area contributed by atoms with Crippen molar-refractivity contribution in [1.29, 1.82) is 0 Å². The Hall–Kier alpha value is -4.91. The maximum absolute atomic E-state index is 12.7. The molecule has 9 nitrogen and oxygen atoms in total. The Morgan fingerprint density at radius 3 is 2.47 bits per heavy atom. The molecular weight excluding hydrogens is 605 g/mol. The highest BCUT2D eigenvalue weighted by Crippen LogP contribution is 2.33. The largest absolute Gasteiger partial charge is 0.573 e. The van der Waals surface area contributed by atoms with Crippen LogP contribution < -0.4 is 15.0 Å². The van der Waals surface area contributed by atoms with Crippen molar-refractivity contribution in [3.05, 3.63) is 90.0 Å². The molecule has 0 radical (unpaired) electrons. The second-order valence-corrected chi connectivity index (χ2v) is 11.3. The smallest absolute Gasteiger partial charge is 0.406 e. The molecule has 1 aliphatic rings. The summed E-state index contributed by atoms with van der Waals surface area (Å²) in [5.41, 5.74) is 4.59. The average molecular weight is 635 g/mol. The number of halogens is 3. The lowest BCUT2D eigenvalue weighted by atomic mass is 10.0. The van der Waals surface area contributed by atoms with E-state index in [1.165, 1.54) is 47.6 Å². The number of hydrogen-bond donors (Lipinski definition) is 1. The molecule has 1 aliphatic heterocycles. The first-order valence-electron chi connectivity index (χ1n) is 14.0. The highest BCUT2D eigenvalue weighted by molar-refractivity contribution is 8.15. The van der Waals surface area contributed by atoms with E-state index >= 15 is 0 Å². The fourth-order valence-corrected chi connectivity index (χ4v) is 5.49.